The summed E-state index contributed by atoms with van der Waals surface area (Å²) in [6, 6.07) is 0. The highest BCUT2D eigenvalue weighted by atomic mass is 127. The van der Waals surface area contributed by atoms with E-state index in [1.165, 1.54) is 0 Å². The van der Waals surface area contributed by atoms with Gasteiger partial charge in [-0.3, -0.25) is 0 Å². The Morgan fingerprint density at radius 3 is 2.77 bits per heavy atom. The van der Waals surface area contributed by atoms with Crippen LogP contribution in [0.1, 0.15) is 0 Å². The minimum Gasteiger partial charge on any atom is -0.394 e. The summed E-state index contributed by atoms with van der Waals surface area (Å²) in [5, 5.41) is 0. The molecule has 0 aromatic heterocycles. The third kappa shape index (κ3) is 2.25. The number of allylic oxidation sites excluding steroid dienone is 1. The van der Waals surface area contributed by atoms with Crippen LogP contribution in [0.3, 0.4) is 0 Å². The van der Waals surface area contributed by atoms with Crippen molar-refractivity contribution < 1.29 is 4.48 Å². The molecule has 0 radical (unpaired) electrons. The van der Waals surface area contributed by atoms with E-state index in [0.717, 1.165) is 11.5 Å². The molecule has 1 atom stereocenters. The summed E-state index contributed by atoms with van der Waals surface area (Å²) in [4.78, 5) is 6.46. The van der Waals surface area contributed by atoms with Crippen LogP contribution in [0.15, 0.2) is 29.0 Å². The number of amidine groups is 1. The predicted octanol–water partition coefficient (Wildman–Crippen LogP) is 1.19. The maximum absolute atomic E-state index is 5.75. The Bertz CT molecular complexity index is 315. The number of halogens is 1. The largest absolute Gasteiger partial charge is 0.394 e. The Hall–Kier alpha value is -0.490. The number of quaternary nitrogens is 1. The molecule has 4 heteroatoms. The lowest BCUT2D eigenvalue weighted by molar-refractivity contribution is -0.651. The molecule has 1 aliphatic rings. The number of nitrogens with two attached hydrogens (primary N) is 1. The lowest BCUT2D eigenvalue weighted by Gasteiger charge is -2.26. The topological polar surface area (TPSA) is 38.4 Å². The van der Waals surface area contributed by atoms with Gasteiger partial charge in [-0.2, -0.15) is 0 Å². The molecular formula is C9H15IN3+. The molecule has 1 rings (SSSR count). The lowest BCUT2D eigenvalue weighted by Crippen LogP contribution is -2.43. The minimum atomic E-state index is 0.112. The van der Waals surface area contributed by atoms with E-state index in [0.29, 0.717) is 4.48 Å². The van der Waals surface area contributed by atoms with Crippen molar-refractivity contribution in [3.63, 3.8) is 0 Å². The van der Waals surface area contributed by atoms with Gasteiger partial charge in [0.2, 0.25) is 5.84 Å². The minimum absolute atomic E-state index is 0.112. The first-order valence-corrected chi connectivity index (χ1v) is 7.35. The van der Waals surface area contributed by atoms with Gasteiger partial charge >= 0.3 is 0 Å². The van der Waals surface area contributed by atoms with Crippen LogP contribution < -0.4 is 5.73 Å². The fraction of sp³-hybridized carbons (Fsp3) is 0.333. The molecule has 72 valence electrons. The third-order valence-corrected chi connectivity index (χ3v) is 3.58. The van der Waals surface area contributed by atoms with Gasteiger partial charge in [-0.05, 0) is 11.0 Å². The van der Waals surface area contributed by atoms with Crippen LogP contribution in [0.25, 0.3) is 0 Å². The van der Waals surface area contributed by atoms with Crippen LogP contribution in [0, 0.1) is 0 Å². The monoisotopic (exact) mass is 292 g/mol. The average Bonchev–Trinajstić information content (AvgIpc) is 2.04. The lowest BCUT2D eigenvalue weighted by atomic mass is 10.2. The Kier molecular flexibility index (Phi) is 3.38. The average molecular weight is 292 g/mol. The molecule has 1 unspecified atom stereocenters. The first kappa shape index (κ1) is 10.6. The summed E-state index contributed by atoms with van der Waals surface area (Å²) in [6.45, 7) is 0. The van der Waals surface area contributed by atoms with Crippen LogP contribution in [0.4, 0.5) is 0 Å². The van der Waals surface area contributed by atoms with Crippen LogP contribution >= 0.6 is 20.7 Å². The van der Waals surface area contributed by atoms with Crippen molar-refractivity contribution in [2.45, 2.75) is 0 Å². The highest BCUT2D eigenvalue weighted by molar-refractivity contribution is 14.2. The summed E-state index contributed by atoms with van der Waals surface area (Å²) in [5.74, 6) is 1.04. The molecule has 0 bridgehead atoms. The maximum Gasteiger partial charge on any atom is 0.232 e. The Morgan fingerprint density at radius 1 is 1.54 bits per heavy atom. The second-order valence-corrected chi connectivity index (χ2v) is 4.81. The summed E-state index contributed by atoms with van der Waals surface area (Å²) in [7, 11) is 3.91. The fourth-order valence-corrected chi connectivity index (χ4v) is 2.92. The van der Waals surface area contributed by atoms with Crippen molar-refractivity contribution in [2.75, 3.05) is 19.0 Å². The van der Waals surface area contributed by atoms with Gasteiger partial charge in [-0.25, -0.2) is 9.48 Å². The summed E-state index contributed by atoms with van der Waals surface area (Å²) < 4.78 is 2.92. The van der Waals surface area contributed by atoms with E-state index in [2.05, 4.69) is 21.1 Å². The Balaban J connectivity index is 3.13. The summed E-state index contributed by atoms with van der Waals surface area (Å²) in [6.07, 6.45) is 5.89. The SMILES string of the molecule is CN=C1C=CC(N)=C[N+]1(C)C=IC. The van der Waals surface area contributed by atoms with Gasteiger partial charge in [0.25, 0.3) is 0 Å². The number of hydrogen-bond donors (Lipinski definition) is 1. The molecule has 1 aliphatic heterocycles. The molecule has 0 amide bonds. The number of aliphatic imine (C=N–C) groups is 1. The van der Waals surface area contributed by atoms with Gasteiger partial charge in [0, 0.05) is 13.1 Å². The third-order valence-electron chi connectivity index (χ3n) is 1.87. The van der Waals surface area contributed by atoms with Gasteiger partial charge in [0.1, 0.15) is 10.3 Å². The molecule has 2 N–H and O–H groups in total. The number of rotatable bonds is 1. The smallest absolute Gasteiger partial charge is 0.232 e. The van der Waals surface area contributed by atoms with Crippen molar-refractivity contribution in [1.29, 1.82) is 0 Å². The molecule has 0 spiro atoms. The number of nitrogens with zero attached hydrogens (tertiary/aromatic N) is 2. The molecule has 0 saturated carbocycles. The fourth-order valence-electron chi connectivity index (χ4n) is 1.32. The summed E-state index contributed by atoms with van der Waals surface area (Å²) >= 11 is 0.112. The summed E-state index contributed by atoms with van der Waals surface area (Å²) in [5.41, 5.74) is 6.56. The highest BCUT2D eigenvalue weighted by Crippen LogP contribution is 2.14. The first-order chi connectivity index (χ1) is 6.12. The van der Waals surface area contributed by atoms with Crippen molar-refractivity contribution in [1.82, 2.24) is 0 Å². The van der Waals surface area contributed by atoms with Gasteiger partial charge < -0.3 is 5.73 Å². The van der Waals surface area contributed by atoms with Crippen LogP contribution in [0.5, 0.6) is 0 Å². The Labute approximate surface area is 89.0 Å². The predicted molar refractivity (Wildman–Crippen MR) is 67.0 cm³/mol. The van der Waals surface area contributed by atoms with Crippen LogP contribution in [-0.4, -0.2) is 33.5 Å². The van der Waals surface area contributed by atoms with E-state index in [1.54, 1.807) is 0 Å². The zero-order valence-electron chi connectivity index (χ0n) is 8.16. The molecule has 13 heavy (non-hydrogen) atoms. The molecule has 0 aliphatic carbocycles. The van der Waals surface area contributed by atoms with E-state index in [9.17, 15) is 0 Å². The van der Waals surface area contributed by atoms with Gasteiger partial charge in [0.05, 0.1) is 12.7 Å². The first-order valence-electron chi connectivity index (χ1n) is 3.94. The molecule has 0 fully saturated rings. The maximum atomic E-state index is 5.75. The zero-order chi connectivity index (χ0) is 9.90. The number of alkyl halides is 1. The van der Waals surface area contributed by atoms with Crippen molar-refractivity contribution in [2.24, 2.45) is 10.7 Å². The number of likely N-dealkylation sites (N-methyl/N-ethyl adjacent to an activating group) is 1. The van der Waals surface area contributed by atoms with Crippen molar-refractivity contribution in [3.8, 4) is 0 Å². The number of hydrogen-bond acceptors (Lipinski definition) is 2. The van der Waals surface area contributed by atoms with Gasteiger partial charge in [-0.15, -0.1) is 0 Å². The van der Waals surface area contributed by atoms with E-state index in [-0.39, 0.29) is 20.7 Å². The van der Waals surface area contributed by atoms with E-state index >= 15 is 0 Å². The Morgan fingerprint density at radius 2 is 2.23 bits per heavy atom. The molecule has 0 aromatic carbocycles. The quantitative estimate of drug-likeness (QED) is 0.440. The molecular weight excluding hydrogens is 277 g/mol. The second kappa shape index (κ2) is 4.15. The molecule has 1 heterocycles. The van der Waals surface area contributed by atoms with Crippen LogP contribution in [0.2, 0.25) is 0 Å². The van der Waals surface area contributed by atoms with E-state index in [4.69, 9.17) is 5.73 Å². The molecule has 0 aromatic rings. The zero-order valence-corrected chi connectivity index (χ0v) is 10.3. The van der Waals surface area contributed by atoms with Gasteiger partial charge in [0.15, 0.2) is 0 Å². The van der Waals surface area contributed by atoms with E-state index in [1.807, 2.05) is 25.4 Å². The molecule has 0 saturated heterocycles. The van der Waals surface area contributed by atoms with Crippen molar-refractivity contribution in [3.05, 3.63) is 24.0 Å². The standard InChI is InChI=1S/C9H15IN3/c1-10-7-13(3)6-8(11)4-5-9(13)12-2/h4-7H,11H2,1-3H3/q+1. The normalized spacial score (nSPS) is 31.9. The van der Waals surface area contributed by atoms with E-state index < -0.39 is 0 Å². The molecule has 3 nitrogen and oxygen atoms in total. The van der Waals surface area contributed by atoms with Crippen molar-refractivity contribution >= 4 is 30.7 Å². The van der Waals surface area contributed by atoms with Gasteiger partial charge in [-0.1, -0.05) is 20.7 Å². The second-order valence-electron chi connectivity index (χ2n) is 3.01. The van der Waals surface area contributed by atoms with Crippen LogP contribution in [-0.2, 0) is 0 Å². The highest BCUT2D eigenvalue weighted by Gasteiger charge is 2.25.